The summed E-state index contributed by atoms with van der Waals surface area (Å²) in [6.45, 7) is 3.60. The fraction of sp³-hybridized carbons (Fsp3) is 0.500. The van der Waals surface area contributed by atoms with E-state index < -0.39 is 5.95 Å². The number of carbonyl (C=O) groups excluding carboxylic acids is 1. The lowest BCUT2D eigenvalue weighted by Crippen LogP contribution is -2.41. The van der Waals surface area contributed by atoms with E-state index >= 15 is 0 Å². The molecule has 0 amide bonds. The molecule has 0 aliphatic carbocycles. The van der Waals surface area contributed by atoms with Crippen molar-refractivity contribution in [2.75, 3.05) is 0 Å². The molecule has 0 saturated carbocycles. The van der Waals surface area contributed by atoms with Gasteiger partial charge < -0.3 is 9.63 Å². The van der Waals surface area contributed by atoms with E-state index in [-0.39, 0.29) is 11.7 Å². The SMILES string of the molecule is CC(C)[n+]1noc([O-])c1C=O. The van der Waals surface area contributed by atoms with Crippen LogP contribution in [0.4, 0.5) is 0 Å². The van der Waals surface area contributed by atoms with Crippen LogP contribution in [-0.4, -0.2) is 11.6 Å². The average molecular weight is 156 g/mol. The second-order valence-corrected chi connectivity index (χ2v) is 2.40. The van der Waals surface area contributed by atoms with Crippen LogP contribution in [0.1, 0.15) is 30.4 Å². The number of nitrogens with zero attached hydrogens (tertiary/aromatic N) is 2. The summed E-state index contributed by atoms with van der Waals surface area (Å²) in [7, 11) is 0. The van der Waals surface area contributed by atoms with Gasteiger partial charge in [-0.15, -0.1) is 0 Å². The van der Waals surface area contributed by atoms with Gasteiger partial charge in [-0.05, 0) is 13.8 Å². The van der Waals surface area contributed by atoms with E-state index in [4.69, 9.17) is 0 Å². The molecule has 0 fully saturated rings. The third-order valence-electron chi connectivity index (χ3n) is 1.27. The van der Waals surface area contributed by atoms with E-state index in [0.29, 0.717) is 6.29 Å². The molecule has 1 rings (SSSR count). The first-order valence-corrected chi connectivity index (χ1v) is 3.20. The first-order valence-electron chi connectivity index (χ1n) is 3.20. The van der Waals surface area contributed by atoms with Gasteiger partial charge in [-0.3, -0.25) is 4.79 Å². The summed E-state index contributed by atoms with van der Waals surface area (Å²) in [5.74, 6) is -0.686. The molecule has 1 aromatic heterocycles. The average Bonchev–Trinajstić information content (AvgIpc) is 2.30. The maximum absolute atomic E-state index is 10.7. The standard InChI is InChI=1S/C6H8N2O3/c1-4(2)8-5(3-9)6(10)11-7-8/h3-4H,1-2H3. The van der Waals surface area contributed by atoms with Crippen molar-refractivity contribution in [2.45, 2.75) is 19.9 Å². The van der Waals surface area contributed by atoms with Crippen molar-refractivity contribution >= 4 is 6.29 Å². The highest BCUT2D eigenvalue weighted by Crippen LogP contribution is 2.05. The molecule has 1 aromatic rings. The Balaban J connectivity index is 3.15. The molecule has 1 heterocycles. The number of hydrogen-bond acceptors (Lipinski definition) is 4. The van der Waals surface area contributed by atoms with Crippen molar-refractivity contribution in [3.8, 4) is 5.95 Å². The van der Waals surface area contributed by atoms with Crippen LogP contribution >= 0.6 is 0 Å². The lowest BCUT2D eigenvalue weighted by atomic mass is 10.4. The molecule has 11 heavy (non-hydrogen) atoms. The largest absolute Gasteiger partial charge is 0.539 e. The van der Waals surface area contributed by atoms with Crippen LogP contribution in [0.25, 0.3) is 0 Å². The van der Waals surface area contributed by atoms with Gasteiger partial charge in [0.15, 0.2) is 12.0 Å². The van der Waals surface area contributed by atoms with Crippen molar-refractivity contribution in [1.29, 1.82) is 0 Å². The monoisotopic (exact) mass is 156 g/mol. The van der Waals surface area contributed by atoms with Crippen LogP contribution in [0.15, 0.2) is 4.52 Å². The smallest absolute Gasteiger partial charge is 0.296 e. The van der Waals surface area contributed by atoms with E-state index in [0.717, 1.165) is 0 Å². The number of rotatable bonds is 2. The third kappa shape index (κ3) is 1.21. The molecule has 0 unspecified atom stereocenters. The van der Waals surface area contributed by atoms with Crippen LogP contribution in [0.3, 0.4) is 0 Å². The van der Waals surface area contributed by atoms with E-state index in [1.807, 2.05) is 0 Å². The Labute approximate surface area is 63.2 Å². The summed E-state index contributed by atoms with van der Waals surface area (Å²) < 4.78 is 5.52. The second-order valence-electron chi connectivity index (χ2n) is 2.40. The fourth-order valence-corrected chi connectivity index (χ4v) is 0.740. The molecule has 0 N–H and O–H groups in total. The molecule has 0 aromatic carbocycles. The Hall–Kier alpha value is -1.39. The highest BCUT2D eigenvalue weighted by Gasteiger charge is 2.18. The van der Waals surface area contributed by atoms with Gasteiger partial charge in [0.2, 0.25) is 6.29 Å². The highest BCUT2D eigenvalue weighted by molar-refractivity contribution is 5.71. The van der Waals surface area contributed by atoms with E-state index in [1.54, 1.807) is 13.8 Å². The molecule has 0 aliphatic rings. The van der Waals surface area contributed by atoms with Gasteiger partial charge in [0.05, 0.1) is 5.27 Å². The van der Waals surface area contributed by atoms with Gasteiger partial charge in [-0.2, -0.15) is 0 Å². The highest BCUT2D eigenvalue weighted by atomic mass is 16.6. The lowest BCUT2D eigenvalue weighted by molar-refractivity contribution is -0.780. The van der Waals surface area contributed by atoms with Crippen molar-refractivity contribution < 1.29 is 19.1 Å². The maximum Gasteiger partial charge on any atom is 0.296 e. The zero-order valence-corrected chi connectivity index (χ0v) is 6.27. The summed E-state index contributed by atoms with van der Waals surface area (Å²) in [5.41, 5.74) is -0.0417. The number of hydrogen-bond donors (Lipinski definition) is 0. The van der Waals surface area contributed by atoms with Gasteiger partial charge in [0, 0.05) is 0 Å². The van der Waals surface area contributed by atoms with E-state index in [9.17, 15) is 9.90 Å². The summed E-state index contributed by atoms with van der Waals surface area (Å²) in [4.78, 5) is 10.3. The molecule has 5 nitrogen and oxygen atoms in total. The van der Waals surface area contributed by atoms with Gasteiger partial charge in [0.1, 0.15) is 0 Å². The minimum absolute atomic E-state index is 0.0401. The zero-order chi connectivity index (χ0) is 8.43. The normalized spacial score (nSPS) is 10.5. The summed E-state index contributed by atoms with van der Waals surface area (Å²) in [5, 5.41) is 14.1. The molecule has 60 valence electrons. The van der Waals surface area contributed by atoms with Crippen LogP contribution < -0.4 is 9.79 Å². The molecule has 0 atom stereocenters. The zero-order valence-electron chi connectivity index (χ0n) is 6.27. The molecule has 5 heteroatoms. The third-order valence-corrected chi connectivity index (χ3v) is 1.27. The van der Waals surface area contributed by atoms with Crippen molar-refractivity contribution in [3.05, 3.63) is 5.69 Å². The van der Waals surface area contributed by atoms with Crippen molar-refractivity contribution in [1.82, 2.24) is 5.27 Å². The summed E-state index contributed by atoms with van der Waals surface area (Å²) in [6.07, 6.45) is 0.443. The summed E-state index contributed by atoms with van der Waals surface area (Å²) in [6, 6.07) is -0.0401. The lowest BCUT2D eigenvalue weighted by Gasteiger charge is -1.92. The minimum atomic E-state index is -0.686. The van der Waals surface area contributed by atoms with Crippen LogP contribution in [0.5, 0.6) is 5.95 Å². The Morgan fingerprint density at radius 2 is 2.36 bits per heavy atom. The predicted molar refractivity (Wildman–Crippen MR) is 31.9 cm³/mol. The minimum Gasteiger partial charge on any atom is -0.539 e. The van der Waals surface area contributed by atoms with Gasteiger partial charge in [-0.1, -0.05) is 4.68 Å². The maximum atomic E-state index is 10.7. The Morgan fingerprint density at radius 1 is 1.73 bits per heavy atom. The molecule has 0 saturated heterocycles. The Morgan fingerprint density at radius 3 is 2.73 bits per heavy atom. The van der Waals surface area contributed by atoms with E-state index in [2.05, 4.69) is 9.79 Å². The Bertz CT molecular complexity index is 267. The number of carbonyl (C=O) groups is 1. The van der Waals surface area contributed by atoms with Crippen molar-refractivity contribution in [3.63, 3.8) is 0 Å². The quantitative estimate of drug-likeness (QED) is 0.424. The predicted octanol–water partition coefficient (Wildman–Crippen LogP) is -0.571. The van der Waals surface area contributed by atoms with Crippen molar-refractivity contribution in [2.24, 2.45) is 0 Å². The molecular weight excluding hydrogens is 148 g/mol. The van der Waals surface area contributed by atoms with Crippen LogP contribution in [0, 0.1) is 0 Å². The van der Waals surface area contributed by atoms with Crippen LogP contribution in [-0.2, 0) is 0 Å². The number of aldehydes is 1. The molecule has 0 bridgehead atoms. The molecule has 0 radical (unpaired) electrons. The molecule has 0 aliphatic heterocycles. The second kappa shape index (κ2) is 2.69. The molecular formula is C6H8N2O3. The molecule has 0 spiro atoms. The first-order chi connectivity index (χ1) is 5.16. The van der Waals surface area contributed by atoms with Gasteiger partial charge >= 0.3 is 0 Å². The fourth-order valence-electron chi connectivity index (χ4n) is 0.740. The van der Waals surface area contributed by atoms with Crippen LogP contribution in [0.2, 0.25) is 0 Å². The van der Waals surface area contributed by atoms with E-state index in [1.165, 1.54) is 4.68 Å². The van der Waals surface area contributed by atoms with Gasteiger partial charge in [0.25, 0.3) is 5.69 Å². The summed E-state index contributed by atoms with van der Waals surface area (Å²) >= 11 is 0. The first kappa shape index (κ1) is 7.71. The van der Waals surface area contributed by atoms with Gasteiger partial charge in [-0.25, -0.2) is 0 Å². The Kier molecular flexibility index (Phi) is 1.89. The topological polar surface area (TPSA) is 70.0 Å². The number of aromatic nitrogens is 2.